The van der Waals surface area contributed by atoms with Crippen molar-refractivity contribution in [3.05, 3.63) is 18.0 Å². The summed E-state index contributed by atoms with van der Waals surface area (Å²) in [4.78, 5) is 13.5. The van der Waals surface area contributed by atoms with E-state index in [4.69, 9.17) is 5.73 Å². The molecule has 0 aliphatic carbocycles. The van der Waals surface area contributed by atoms with Gasteiger partial charge in [0.15, 0.2) is 0 Å². The smallest absolute Gasteiger partial charge is 0.222 e. The summed E-state index contributed by atoms with van der Waals surface area (Å²) in [6.45, 7) is 2.19. The molecule has 0 spiro atoms. The van der Waals surface area contributed by atoms with E-state index < -0.39 is 0 Å². The maximum atomic E-state index is 11.6. The predicted molar refractivity (Wildman–Crippen MR) is 60.7 cm³/mol. The van der Waals surface area contributed by atoms with Gasteiger partial charge in [-0.3, -0.25) is 9.48 Å². The lowest BCUT2D eigenvalue weighted by molar-refractivity contribution is -0.127. The number of aromatic nitrogens is 2. The van der Waals surface area contributed by atoms with E-state index in [9.17, 15) is 4.79 Å². The third-order valence-corrected chi connectivity index (χ3v) is 3.19. The van der Waals surface area contributed by atoms with Crippen LogP contribution in [0.3, 0.4) is 0 Å². The molecule has 1 aliphatic rings. The zero-order valence-electron chi connectivity index (χ0n) is 9.59. The Kier molecular flexibility index (Phi) is 3.24. The van der Waals surface area contributed by atoms with Crippen LogP contribution in [0.25, 0.3) is 0 Å². The number of carbonyl (C=O) groups excluding carboxylic acids is 1. The maximum Gasteiger partial charge on any atom is 0.222 e. The lowest BCUT2D eigenvalue weighted by Crippen LogP contribution is -2.28. The molecule has 2 N–H and O–H groups in total. The van der Waals surface area contributed by atoms with Crippen LogP contribution in [0, 0.1) is 5.92 Å². The molecule has 2 heterocycles. The summed E-state index contributed by atoms with van der Waals surface area (Å²) in [6.07, 6.45) is 3.26. The lowest BCUT2D eigenvalue weighted by Gasteiger charge is -2.16. The monoisotopic (exact) mass is 222 g/mol. The molecule has 0 aromatic carbocycles. The number of nitrogens with zero attached hydrogens (tertiary/aromatic N) is 3. The van der Waals surface area contributed by atoms with Crippen LogP contribution in [0.1, 0.15) is 12.1 Å². The normalized spacial score (nSPS) is 20.8. The summed E-state index contributed by atoms with van der Waals surface area (Å²) in [7, 11) is 1.92. The first-order valence-electron chi connectivity index (χ1n) is 5.65. The van der Waals surface area contributed by atoms with E-state index in [0.717, 1.165) is 25.2 Å². The summed E-state index contributed by atoms with van der Waals surface area (Å²) in [6, 6.07) is 1.99. The van der Waals surface area contributed by atoms with Crippen LogP contribution in [0.5, 0.6) is 0 Å². The van der Waals surface area contributed by atoms with E-state index in [0.29, 0.717) is 18.9 Å². The number of amides is 1. The zero-order chi connectivity index (χ0) is 11.5. The fraction of sp³-hybridized carbons (Fsp3) is 0.636. The van der Waals surface area contributed by atoms with Crippen LogP contribution in [0.2, 0.25) is 0 Å². The van der Waals surface area contributed by atoms with Crippen molar-refractivity contribution < 1.29 is 4.79 Å². The molecule has 0 radical (unpaired) electrons. The molecular formula is C11H18N4O. The second-order valence-electron chi connectivity index (χ2n) is 4.34. The minimum atomic E-state index is 0.234. The number of aryl methyl sites for hydroxylation is 1. The number of hydrogen-bond donors (Lipinski definition) is 1. The fourth-order valence-electron chi connectivity index (χ4n) is 2.12. The highest BCUT2D eigenvalue weighted by atomic mass is 16.2. The fourth-order valence-corrected chi connectivity index (χ4v) is 2.12. The molecule has 16 heavy (non-hydrogen) atoms. The van der Waals surface area contributed by atoms with Gasteiger partial charge in [0, 0.05) is 44.9 Å². The molecule has 1 aromatic heterocycles. The van der Waals surface area contributed by atoms with Crippen molar-refractivity contribution in [2.45, 2.75) is 12.8 Å². The minimum absolute atomic E-state index is 0.234. The van der Waals surface area contributed by atoms with Gasteiger partial charge in [-0.2, -0.15) is 5.10 Å². The number of nitrogens with two attached hydrogens (primary N) is 1. The van der Waals surface area contributed by atoms with Gasteiger partial charge in [0.1, 0.15) is 0 Å². The second kappa shape index (κ2) is 4.65. The Morgan fingerprint density at radius 3 is 3.00 bits per heavy atom. The first-order chi connectivity index (χ1) is 7.70. The molecule has 1 saturated heterocycles. The molecular weight excluding hydrogens is 204 g/mol. The van der Waals surface area contributed by atoms with Crippen molar-refractivity contribution in [2.24, 2.45) is 18.7 Å². The highest BCUT2D eigenvalue weighted by molar-refractivity contribution is 5.78. The SMILES string of the molecule is Cn1nccc1CCN1CC(CN)CC1=O. The summed E-state index contributed by atoms with van der Waals surface area (Å²) < 4.78 is 1.85. The van der Waals surface area contributed by atoms with Crippen LogP contribution >= 0.6 is 0 Å². The highest BCUT2D eigenvalue weighted by Crippen LogP contribution is 2.16. The standard InChI is InChI=1S/C11H18N4O/c1-14-10(2-4-13-14)3-5-15-8-9(7-12)6-11(15)16/h2,4,9H,3,5-8,12H2,1H3. The molecule has 1 aromatic rings. The van der Waals surface area contributed by atoms with E-state index >= 15 is 0 Å². The largest absolute Gasteiger partial charge is 0.342 e. The highest BCUT2D eigenvalue weighted by Gasteiger charge is 2.28. The van der Waals surface area contributed by atoms with Crippen LogP contribution in [-0.2, 0) is 18.3 Å². The molecule has 1 amide bonds. The molecule has 0 saturated carbocycles. The Morgan fingerprint density at radius 2 is 2.44 bits per heavy atom. The molecule has 1 unspecified atom stereocenters. The van der Waals surface area contributed by atoms with Crippen molar-refractivity contribution in [2.75, 3.05) is 19.6 Å². The quantitative estimate of drug-likeness (QED) is 0.765. The molecule has 88 valence electrons. The molecule has 1 fully saturated rings. The van der Waals surface area contributed by atoms with Gasteiger partial charge in [-0.15, -0.1) is 0 Å². The van der Waals surface area contributed by atoms with Gasteiger partial charge in [-0.1, -0.05) is 0 Å². The van der Waals surface area contributed by atoms with Crippen molar-refractivity contribution in [1.29, 1.82) is 0 Å². The summed E-state index contributed by atoms with van der Waals surface area (Å²) in [5, 5.41) is 4.11. The zero-order valence-corrected chi connectivity index (χ0v) is 9.59. The van der Waals surface area contributed by atoms with E-state index in [1.165, 1.54) is 0 Å². The summed E-state index contributed by atoms with van der Waals surface area (Å²) >= 11 is 0. The van der Waals surface area contributed by atoms with Gasteiger partial charge < -0.3 is 10.6 Å². The van der Waals surface area contributed by atoms with Crippen LogP contribution < -0.4 is 5.73 Å². The Hall–Kier alpha value is -1.36. The van der Waals surface area contributed by atoms with Crippen LogP contribution in [0.15, 0.2) is 12.3 Å². The number of carbonyl (C=O) groups is 1. The third-order valence-electron chi connectivity index (χ3n) is 3.19. The van der Waals surface area contributed by atoms with Gasteiger partial charge in [0.2, 0.25) is 5.91 Å². The number of likely N-dealkylation sites (tertiary alicyclic amines) is 1. The summed E-state index contributed by atoms with van der Waals surface area (Å²) in [5.41, 5.74) is 6.74. The summed E-state index contributed by atoms with van der Waals surface area (Å²) in [5.74, 6) is 0.580. The number of rotatable bonds is 4. The van der Waals surface area contributed by atoms with E-state index in [-0.39, 0.29) is 5.91 Å². The van der Waals surface area contributed by atoms with E-state index in [1.54, 1.807) is 6.20 Å². The topological polar surface area (TPSA) is 64.2 Å². The molecule has 5 nitrogen and oxygen atoms in total. The number of hydrogen-bond acceptors (Lipinski definition) is 3. The van der Waals surface area contributed by atoms with E-state index in [1.807, 2.05) is 22.7 Å². The third kappa shape index (κ3) is 2.24. The van der Waals surface area contributed by atoms with Gasteiger partial charge in [0.05, 0.1) is 0 Å². The van der Waals surface area contributed by atoms with Crippen molar-refractivity contribution in [3.63, 3.8) is 0 Å². The molecule has 0 bridgehead atoms. The van der Waals surface area contributed by atoms with Crippen molar-refractivity contribution in [3.8, 4) is 0 Å². The average molecular weight is 222 g/mol. The Labute approximate surface area is 95.2 Å². The van der Waals surface area contributed by atoms with Crippen LogP contribution in [0.4, 0.5) is 0 Å². The first kappa shape index (κ1) is 11.1. The average Bonchev–Trinajstić information content (AvgIpc) is 2.82. The van der Waals surface area contributed by atoms with Gasteiger partial charge in [0.25, 0.3) is 0 Å². The molecule has 1 aliphatic heterocycles. The second-order valence-corrected chi connectivity index (χ2v) is 4.34. The first-order valence-corrected chi connectivity index (χ1v) is 5.65. The van der Waals surface area contributed by atoms with Crippen LogP contribution in [-0.4, -0.2) is 40.2 Å². The van der Waals surface area contributed by atoms with Crippen molar-refractivity contribution in [1.82, 2.24) is 14.7 Å². The Morgan fingerprint density at radius 1 is 1.62 bits per heavy atom. The van der Waals surface area contributed by atoms with Gasteiger partial charge >= 0.3 is 0 Å². The van der Waals surface area contributed by atoms with Gasteiger partial charge in [-0.05, 0) is 18.5 Å². The minimum Gasteiger partial charge on any atom is -0.342 e. The van der Waals surface area contributed by atoms with E-state index in [2.05, 4.69) is 5.10 Å². The Bertz CT molecular complexity index is 374. The van der Waals surface area contributed by atoms with Crippen molar-refractivity contribution >= 4 is 5.91 Å². The predicted octanol–water partition coefficient (Wildman–Crippen LogP) is -0.230. The molecule has 2 rings (SSSR count). The molecule has 1 atom stereocenters. The maximum absolute atomic E-state index is 11.6. The lowest BCUT2D eigenvalue weighted by atomic mass is 10.1. The van der Waals surface area contributed by atoms with Gasteiger partial charge in [-0.25, -0.2) is 0 Å². The Balaban J connectivity index is 1.87. The molecule has 5 heteroatoms.